The van der Waals surface area contributed by atoms with Crippen LogP contribution >= 0.6 is 11.6 Å². The molecular weight excluding hydrogens is 210 g/mol. The van der Waals surface area contributed by atoms with Crippen LogP contribution in [-0.4, -0.2) is 11.7 Å². The maximum Gasteiger partial charge on any atom is 0.121 e. The fourth-order valence-corrected chi connectivity index (χ4v) is 2.02. The highest BCUT2D eigenvalue weighted by Crippen LogP contribution is 2.37. The van der Waals surface area contributed by atoms with Crippen LogP contribution < -0.4 is 5.32 Å². The van der Waals surface area contributed by atoms with E-state index in [1.165, 1.54) is 6.42 Å². The summed E-state index contributed by atoms with van der Waals surface area (Å²) in [6, 6.07) is 5.23. The van der Waals surface area contributed by atoms with Crippen LogP contribution in [0.1, 0.15) is 18.9 Å². The van der Waals surface area contributed by atoms with Gasteiger partial charge in [0.15, 0.2) is 0 Å². The average Bonchev–Trinajstić information content (AvgIpc) is 2.87. The Bertz CT molecular complexity index is 333. The normalized spacial score (nSPS) is 24.1. The molecule has 1 fully saturated rings. The number of hydrogen-bond acceptors (Lipinski definition) is 2. The van der Waals surface area contributed by atoms with Crippen LogP contribution in [0.5, 0.6) is 5.75 Å². The second-order valence-electron chi connectivity index (χ2n) is 4.34. The number of benzene rings is 1. The number of rotatable bonds is 4. The summed E-state index contributed by atoms with van der Waals surface area (Å²) in [6.45, 7) is 3.93. The molecule has 2 atom stereocenters. The molecule has 2 nitrogen and oxygen atoms in total. The van der Waals surface area contributed by atoms with Crippen molar-refractivity contribution < 1.29 is 5.11 Å². The Balaban J connectivity index is 1.87. The molecule has 2 rings (SSSR count). The van der Waals surface area contributed by atoms with Crippen molar-refractivity contribution in [3.8, 4) is 5.75 Å². The van der Waals surface area contributed by atoms with Crippen molar-refractivity contribution in [1.29, 1.82) is 0 Å². The second kappa shape index (κ2) is 4.42. The maximum atomic E-state index is 9.60. The zero-order chi connectivity index (χ0) is 10.8. The molecule has 2 N–H and O–H groups in total. The Hall–Kier alpha value is -0.730. The van der Waals surface area contributed by atoms with Crippen molar-refractivity contribution >= 4 is 11.6 Å². The van der Waals surface area contributed by atoms with Gasteiger partial charge in [-0.15, -0.1) is 0 Å². The summed E-state index contributed by atoms with van der Waals surface area (Å²) in [5.74, 6) is 1.95. The fraction of sp³-hybridized carbons (Fsp3) is 0.500. The molecule has 1 saturated carbocycles. The van der Waals surface area contributed by atoms with E-state index in [4.69, 9.17) is 11.6 Å². The minimum atomic E-state index is 0.277. The zero-order valence-corrected chi connectivity index (χ0v) is 9.59. The van der Waals surface area contributed by atoms with Crippen LogP contribution in [0, 0.1) is 11.8 Å². The van der Waals surface area contributed by atoms with E-state index in [2.05, 4.69) is 12.2 Å². The number of phenols is 1. The lowest BCUT2D eigenvalue weighted by Gasteiger charge is -2.08. The summed E-state index contributed by atoms with van der Waals surface area (Å²) in [6.07, 6.45) is 1.32. The van der Waals surface area contributed by atoms with Gasteiger partial charge in [0.25, 0.3) is 0 Å². The molecule has 1 aliphatic carbocycles. The fourth-order valence-electron chi connectivity index (χ4n) is 1.79. The molecule has 0 aromatic heterocycles. The van der Waals surface area contributed by atoms with Gasteiger partial charge in [0.2, 0.25) is 0 Å². The first-order valence-corrected chi connectivity index (χ1v) is 5.73. The molecule has 0 aliphatic heterocycles. The molecular formula is C12H16ClNO. The number of aromatic hydroxyl groups is 1. The van der Waals surface area contributed by atoms with E-state index in [0.29, 0.717) is 11.6 Å². The molecule has 2 unspecified atom stereocenters. The monoisotopic (exact) mass is 225 g/mol. The Morgan fingerprint density at radius 1 is 1.53 bits per heavy atom. The summed E-state index contributed by atoms with van der Waals surface area (Å²) >= 11 is 5.99. The summed E-state index contributed by atoms with van der Waals surface area (Å²) in [5, 5.41) is 13.6. The largest absolute Gasteiger partial charge is 0.508 e. The van der Waals surface area contributed by atoms with Crippen molar-refractivity contribution in [2.75, 3.05) is 6.54 Å². The van der Waals surface area contributed by atoms with Gasteiger partial charge in [-0.2, -0.15) is 0 Å². The van der Waals surface area contributed by atoms with Crippen molar-refractivity contribution in [1.82, 2.24) is 5.32 Å². The van der Waals surface area contributed by atoms with Crippen LogP contribution in [0.25, 0.3) is 0 Å². The molecule has 0 radical (unpaired) electrons. The van der Waals surface area contributed by atoms with E-state index in [1.807, 2.05) is 0 Å². The predicted octanol–water partition coefficient (Wildman–Crippen LogP) is 2.79. The molecule has 3 heteroatoms. The van der Waals surface area contributed by atoms with Gasteiger partial charge in [0.1, 0.15) is 5.75 Å². The Morgan fingerprint density at radius 3 is 2.87 bits per heavy atom. The Kier molecular flexibility index (Phi) is 3.17. The van der Waals surface area contributed by atoms with Gasteiger partial charge >= 0.3 is 0 Å². The molecule has 0 bridgehead atoms. The molecule has 0 amide bonds. The first-order chi connectivity index (χ1) is 7.18. The van der Waals surface area contributed by atoms with Crippen molar-refractivity contribution in [2.45, 2.75) is 19.9 Å². The molecule has 0 saturated heterocycles. The smallest absolute Gasteiger partial charge is 0.121 e. The molecule has 15 heavy (non-hydrogen) atoms. The lowest BCUT2D eigenvalue weighted by molar-refractivity contribution is 0.463. The van der Waals surface area contributed by atoms with Gasteiger partial charge in [0.05, 0.1) is 0 Å². The van der Waals surface area contributed by atoms with Crippen molar-refractivity contribution in [2.24, 2.45) is 11.8 Å². The number of halogens is 1. The SMILES string of the molecule is CC1CC1CNCc1c(O)cccc1Cl. The Morgan fingerprint density at radius 2 is 2.27 bits per heavy atom. The zero-order valence-electron chi connectivity index (χ0n) is 8.83. The van der Waals surface area contributed by atoms with E-state index in [-0.39, 0.29) is 5.75 Å². The number of hydrogen-bond donors (Lipinski definition) is 2. The number of phenolic OH excluding ortho intramolecular Hbond substituents is 1. The molecule has 0 heterocycles. The van der Waals surface area contributed by atoms with Crippen LogP contribution in [0.4, 0.5) is 0 Å². The van der Waals surface area contributed by atoms with Crippen LogP contribution in [-0.2, 0) is 6.54 Å². The predicted molar refractivity (Wildman–Crippen MR) is 62.1 cm³/mol. The van der Waals surface area contributed by atoms with Gasteiger partial charge in [-0.25, -0.2) is 0 Å². The van der Waals surface area contributed by atoms with Crippen molar-refractivity contribution in [3.05, 3.63) is 28.8 Å². The van der Waals surface area contributed by atoms with Crippen LogP contribution in [0.3, 0.4) is 0 Å². The first-order valence-electron chi connectivity index (χ1n) is 5.35. The van der Waals surface area contributed by atoms with Gasteiger partial charge in [-0.05, 0) is 36.9 Å². The quantitative estimate of drug-likeness (QED) is 0.826. The number of nitrogens with one attached hydrogen (secondary N) is 1. The van der Waals surface area contributed by atoms with E-state index in [9.17, 15) is 5.11 Å². The summed E-state index contributed by atoms with van der Waals surface area (Å²) in [4.78, 5) is 0. The lowest BCUT2D eigenvalue weighted by atomic mass is 10.2. The van der Waals surface area contributed by atoms with Crippen LogP contribution in [0.15, 0.2) is 18.2 Å². The highest BCUT2D eigenvalue weighted by atomic mass is 35.5. The summed E-state index contributed by atoms with van der Waals surface area (Å²) < 4.78 is 0. The highest BCUT2D eigenvalue weighted by molar-refractivity contribution is 6.31. The van der Waals surface area contributed by atoms with Gasteiger partial charge in [0, 0.05) is 17.1 Å². The standard InChI is InChI=1S/C12H16ClNO/c1-8-5-9(8)6-14-7-10-11(13)3-2-4-12(10)15/h2-4,8-9,14-15H,5-7H2,1H3. The third-order valence-corrected chi connectivity index (χ3v) is 3.43. The average molecular weight is 226 g/mol. The van der Waals surface area contributed by atoms with Gasteiger partial charge in [-0.1, -0.05) is 24.6 Å². The summed E-state index contributed by atoms with van der Waals surface area (Å²) in [5.41, 5.74) is 0.799. The molecule has 1 aromatic rings. The minimum Gasteiger partial charge on any atom is -0.508 e. The van der Waals surface area contributed by atoms with E-state index in [1.54, 1.807) is 18.2 Å². The second-order valence-corrected chi connectivity index (χ2v) is 4.75. The Labute approximate surface area is 95.3 Å². The molecule has 82 valence electrons. The maximum absolute atomic E-state index is 9.60. The lowest BCUT2D eigenvalue weighted by Crippen LogP contribution is -2.17. The van der Waals surface area contributed by atoms with E-state index >= 15 is 0 Å². The van der Waals surface area contributed by atoms with E-state index < -0.39 is 0 Å². The highest BCUT2D eigenvalue weighted by Gasteiger charge is 2.31. The molecule has 0 spiro atoms. The molecule has 1 aromatic carbocycles. The first kappa shape index (κ1) is 10.8. The third-order valence-electron chi connectivity index (χ3n) is 3.08. The topological polar surface area (TPSA) is 32.3 Å². The van der Waals surface area contributed by atoms with Gasteiger partial charge < -0.3 is 10.4 Å². The summed E-state index contributed by atoms with van der Waals surface area (Å²) in [7, 11) is 0. The van der Waals surface area contributed by atoms with Gasteiger partial charge in [-0.3, -0.25) is 0 Å². The van der Waals surface area contributed by atoms with E-state index in [0.717, 1.165) is 23.9 Å². The van der Waals surface area contributed by atoms with Crippen LogP contribution in [0.2, 0.25) is 5.02 Å². The molecule has 1 aliphatic rings. The third kappa shape index (κ3) is 2.64. The van der Waals surface area contributed by atoms with Crippen molar-refractivity contribution in [3.63, 3.8) is 0 Å². The minimum absolute atomic E-state index is 0.277.